The van der Waals surface area contributed by atoms with Gasteiger partial charge in [0.15, 0.2) is 0 Å². The van der Waals surface area contributed by atoms with Crippen LogP contribution in [0.1, 0.15) is 18.9 Å². The predicted molar refractivity (Wildman–Crippen MR) is 81.9 cm³/mol. The van der Waals surface area contributed by atoms with E-state index in [0.29, 0.717) is 12.6 Å². The van der Waals surface area contributed by atoms with Crippen molar-refractivity contribution < 1.29 is 4.74 Å². The maximum Gasteiger partial charge on any atom is 0.0748 e. The van der Waals surface area contributed by atoms with Gasteiger partial charge in [0.2, 0.25) is 0 Å². The van der Waals surface area contributed by atoms with Crippen LogP contribution in [0.2, 0.25) is 0 Å². The van der Waals surface area contributed by atoms with E-state index < -0.39 is 0 Å². The summed E-state index contributed by atoms with van der Waals surface area (Å²) in [6.45, 7) is 5.30. The van der Waals surface area contributed by atoms with Crippen LogP contribution in [0, 0.1) is 0 Å². The lowest BCUT2D eigenvalue weighted by Gasteiger charge is -2.35. The number of aromatic nitrogens is 1. The van der Waals surface area contributed by atoms with E-state index in [1.807, 2.05) is 12.3 Å². The van der Waals surface area contributed by atoms with Gasteiger partial charge >= 0.3 is 0 Å². The van der Waals surface area contributed by atoms with E-state index in [-0.39, 0.29) is 0 Å². The fourth-order valence-electron chi connectivity index (χ4n) is 2.86. The van der Waals surface area contributed by atoms with Gasteiger partial charge in [-0.05, 0) is 12.5 Å². The number of nitrogens with zero attached hydrogens (tertiary/aromatic N) is 2. The number of fused-ring (bicyclic) bond motifs is 1. The largest absolute Gasteiger partial charge is 0.375 e. The SMILES string of the molecule is CCC1CN(c2c(CN)cnc3ccccc23)CCO1. The topological polar surface area (TPSA) is 51.4 Å². The average Bonchev–Trinajstić information content (AvgIpc) is 2.53. The summed E-state index contributed by atoms with van der Waals surface area (Å²) in [7, 11) is 0. The Balaban J connectivity index is 2.08. The van der Waals surface area contributed by atoms with E-state index in [4.69, 9.17) is 10.5 Å². The second-order valence-corrected chi connectivity index (χ2v) is 5.20. The first kappa shape index (κ1) is 13.3. The molecule has 2 aromatic rings. The molecule has 2 heterocycles. The van der Waals surface area contributed by atoms with Crippen LogP contribution < -0.4 is 10.6 Å². The summed E-state index contributed by atoms with van der Waals surface area (Å²) in [4.78, 5) is 6.92. The molecule has 1 atom stereocenters. The van der Waals surface area contributed by atoms with E-state index in [9.17, 15) is 0 Å². The first-order chi connectivity index (χ1) is 9.83. The summed E-state index contributed by atoms with van der Waals surface area (Å²) in [6, 6.07) is 8.27. The van der Waals surface area contributed by atoms with Crippen molar-refractivity contribution in [3.63, 3.8) is 0 Å². The molecule has 106 valence electrons. The van der Waals surface area contributed by atoms with Crippen molar-refractivity contribution in [3.05, 3.63) is 36.0 Å². The third kappa shape index (κ3) is 2.37. The lowest BCUT2D eigenvalue weighted by Crippen LogP contribution is -2.42. The smallest absolute Gasteiger partial charge is 0.0748 e. The van der Waals surface area contributed by atoms with Crippen LogP contribution in [0.5, 0.6) is 0 Å². The van der Waals surface area contributed by atoms with E-state index in [0.717, 1.165) is 37.2 Å². The van der Waals surface area contributed by atoms with Gasteiger partial charge in [-0.3, -0.25) is 4.98 Å². The minimum absolute atomic E-state index is 0.307. The van der Waals surface area contributed by atoms with Crippen LogP contribution in [0.25, 0.3) is 10.9 Å². The van der Waals surface area contributed by atoms with Gasteiger partial charge in [-0.25, -0.2) is 0 Å². The quantitative estimate of drug-likeness (QED) is 0.930. The van der Waals surface area contributed by atoms with E-state index in [1.54, 1.807) is 0 Å². The minimum Gasteiger partial charge on any atom is -0.375 e. The number of benzene rings is 1. The lowest BCUT2D eigenvalue weighted by molar-refractivity contribution is 0.0385. The van der Waals surface area contributed by atoms with Crippen molar-refractivity contribution in [3.8, 4) is 0 Å². The van der Waals surface area contributed by atoms with Crippen molar-refractivity contribution in [1.29, 1.82) is 0 Å². The number of nitrogens with two attached hydrogens (primary N) is 1. The molecule has 3 rings (SSSR count). The molecule has 4 nitrogen and oxygen atoms in total. The number of anilines is 1. The molecular weight excluding hydrogens is 250 g/mol. The number of para-hydroxylation sites is 1. The molecule has 1 aromatic heterocycles. The highest BCUT2D eigenvalue weighted by Crippen LogP contribution is 2.30. The molecule has 0 bridgehead atoms. The van der Waals surface area contributed by atoms with Crippen molar-refractivity contribution in [2.24, 2.45) is 5.73 Å². The highest BCUT2D eigenvalue weighted by atomic mass is 16.5. The molecule has 1 saturated heterocycles. The third-order valence-electron chi connectivity index (χ3n) is 3.95. The highest BCUT2D eigenvalue weighted by molar-refractivity contribution is 5.93. The molecule has 0 amide bonds. The average molecular weight is 271 g/mol. The van der Waals surface area contributed by atoms with Gasteiger partial charge in [-0.2, -0.15) is 0 Å². The Labute approximate surface area is 119 Å². The van der Waals surface area contributed by atoms with Crippen LogP contribution in [-0.2, 0) is 11.3 Å². The standard InChI is InChI=1S/C16H21N3O/c1-2-13-11-19(7-8-20-13)16-12(9-17)10-18-15-6-4-3-5-14(15)16/h3-6,10,13H,2,7-9,11,17H2,1H3. The molecule has 0 saturated carbocycles. The summed E-state index contributed by atoms with van der Waals surface area (Å²) >= 11 is 0. The van der Waals surface area contributed by atoms with Crippen LogP contribution in [0.4, 0.5) is 5.69 Å². The molecule has 0 spiro atoms. The maximum absolute atomic E-state index is 5.92. The summed E-state index contributed by atoms with van der Waals surface area (Å²) < 4.78 is 5.78. The van der Waals surface area contributed by atoms with Gasteiger partial charge in [0.1, 0.15) is 0 Å². The monoisotopic (exact) mass is 271 g/mol. The Kier molecular flexibility index (Phi) is 3.85. The number of rotatable bonds is 3. The van der Waals surface area contributed by atoms with Gasteiger partial charge in [0.25, 0.3) is 0 Å². The predicted octanol–water partition coefficient (Wildman–Crippen LogP) is 2.31. The highest BCUT2D eigenvalue weighted by Gasteiger charge is 2.22. The Bertz CT molecular complexity index is 599. The van der Waals surface area contributed by atoms with Crippen molar-refractivity contribution in [1.82, 2.24) is 4.98 Å². The zero-order chi connectivity index (χ0) is 13.9. The molecule has 0 aliphatic carbocycles. The number of hydrogen-bond acceptors (Lipinski definition) is 4. The normalized spacial score (nSPS) is 19.5. The summed E-state index contributed by atoms with van der Waals surface area (Å²) in [5.41, 5.74) is 9.29. The third-order valence-corrected chi connectivity index (χ3v) is 3.95. The van der Waals surface area contributed by atoms with Crippen LogP contribution in [0.15, 0.2) is 30.5 Å². The van der Waals surface area contributed by atoms with Crippen LogP contribution in [-0.4, -0.2) is 30.8 Å². The van der Waals surface area contributed by atoms with Gasteiger partial charge in [-0.1, -0.05) is 25.1 Å². The fraction of sp³-hybridized carbons (Fsp3) is 0.438. The first-order valence-corrected chi connectivity index (χ1v) is 7.26. The molecule has 4 heteroatoms. The Hall–Kier alpha value is -1.65. The molecule has 1 aliphatic rings. The zero-order valence-corrected chi connectivity index (χ0v) is 11.9. The second-order valence-electron chi connectivity index (χ2n) is 5.20. The molecule has 0 radical (unpaired) electrons. The van der Waals surface area contributed by atoms with E-state index in [1.165, 1.54) is 11.1 Å². The summed E-state index contributed by atoms with van der Waals surface area (Å²) in [5, 5.41) is 1.19. The molecule has 1 aliphatic heterocycles. The van der Waals surface area contributed by atoms with E-state index >= 15 is 0 Å². The molecule has 1 unspecified atom stereocenters. The number of morpholine rings is 1. The van der Waals surface area contributed by atoms with Crippen molar-refractivity contribution in [2.45, 2.75) is 26.0 Å². The molecule has 1 fully saturated rings. The molecule has 2 N–H and O–H groups in total. The van der Waals surface area contributed by atoms with Gasteiger partial charge in [0.05, 0.1) is 23.9 Å². The summed E-state index contributed by atoms with van der Waals surface area (Å²) in [5.74, 6) is 0. The summed E-state index contributed by atoms with van der Waals surface area (Å²) in [6.07, 6.45) is 3.26. The van der Waals surface area contributed by atoms with Gasteiger partial charge < -0.3 is 15.4 Å². The molecule has 1 aromatic carbocycles. The fourth-order valence-corrected chi connectivity index (χ4v) is 2.86. The Morgan fingerprint density at radius 1 is 1.40 bits per heavy atom. The van der Waals surface area contributed by atoms with Gasteiger partial charge in [0, 0.05) is 36.8 Å². The van der Waals surface area contributed by atoms with E-state index in [2.05, 4.69) is 35.0 Å². The lowest BCUT2D eigenvalue weighted by atomic mass is 10.1. The Morgan fingerprint density at radius 3 is 3.05 bits per heavy atom. The number of ether oxygens (including phenoxy) is 1. The first-order valence-electron chi connectivity index (χ1n) is 7.26. The molecule has 20 heavy (non-hydrogen) atoms. The number of hydrogen-bond donors (Lipinski definition) is 1. The zero-order valence-electron chi connectivity index (χ0n) is 11.9. The van der Waals surface area contributed by atoms with Crippen molar-refractivity contribution in [2.75, 3.05) is 24.6 Å². The maximum atomic E-state index is 5.92. The minimum atomic E-state index is 0.307. The Morgan fingerprint density at radius 2 is 2.25 bits per heavy atom. The molecular formula is C16H21N3O. The number of pyridine rings is 1. The van der Waals surface area contributed by atoms with Crippen molar-refractivity contribution >= 4 is 16.6 Å². The second kappa shape index (κ2) is 5.77. The van der Waals surface area contributed by atoms with Gasteiger partial charge in [-0.15, -0.1) is 0 Å². The van der Waals surface area contributed by atoms with Crippen LogP contribution in [0.3, 0.4) is 0 Å². The van der Waals surface area contributed by atoms with Crippen LogP contribution >= 0.6 is 0 Å².